The van der Waals surface area contributed by atoms with E-state index in [1.807, 2.05) is 0 Å². The summed E-state index contributed by atoms with van der Waals surface area (Å²) >= 11 is 0. The van der Waals surface area contributed by atoms with Crippen molar-refractivity contribution in [2.75, 3.05) is 0 Å². The number of amides is 1. The van der Waals surface area contributed by atoms with E-state index in [0.29, 0.717) is 11.1 Å². The second-order valence-corrected chi connectivity index (χ2v) is 5.58. The largest absolute Gasteiger partial charge is 0.416 e. The molecule has 1 unspecified atom stereocenters. The van der Waals surface area contributed by atoms with Crippen molar-refractivity contribution >= 4 is 11.6 Å². The number of carbonyl (C=O) groups is 1. The molecule has 0 saturated carbocycles. The molecule has 132 valence electrons. The van der Waals surface area contributed by atoms with Crippen LogP contribution in [0.3, 0.4) is 0 Å². The molecule has 0 spiro atoms. The monoisotopic (exact) mass is 352 g/mol. The molecule has 0 radical (unpaired) electrons. The lowest BCUT2D eigenvalue weighted by molar-refractivity contribution is -0.385. The van der Waals surface area contributed by atoms with Gasteiger partial charge in [-0.05, 0) is 43.7 Å². The number of hydrogen-bond donors (Lipinski definition) is 1. The predicted octanol–water partition coefficient (Wildman–Crippen LogP) is 4.41. The number of carbonyl (C=O) groups excluding carboxylic acids is 1. The van der Waals surface area contributed by atoms with Gasteiger partial charge in [-0.25, -0.2) is 0 Å². The Labute approximate surface area is 141 Å². The van der Waals surface area contributed by atoms with E-state index in [4.69, 9.17) is 0 Å². The maximum atomic E-state index is 12.8. The standard InChI is InChI=1S/C17H15F3N2O3/c1-10-8-13(6-7-15(10)22(24)25)16(23)21-11(2)12-4-3-5-14(9-12)17(18,19)20/h3-9,11H,1-2H3,(H,21,23). The van der Waals surface area contributed by atoms with E-state index in [9.17, 15) is 28.1 Å². The fourth-order valence-electron chi connectivity index (χ4n) is 2.35. The minimum Gasteiger partial charge on any atom is -0.346 e. The van der Waals surface area contributed by atoms with E-state index in [2.05, 4.69) is 5.32 Å². The minimum atomic E-state index is -4.46. The zero-order chi connectivity index (χ0) is 18.8. The first-order valence-corrected chi connectivity index (χ1v) is 7.32. The van der Waals surface area contributed by atoms with Gasteiger partial charge in [0.2, 0.25) is 0 Å². The molecular weight excluding hydrogens is 337 g/mol. The highest BCUT2D eigenvalue weighted by Gasteiger charge is 2.30. The smallest absolute Gasteiger partial charge is 0.346 e. The van der Waals surface area contributed by atoms with Gasteiger partial charge in [0.15, 0.2) is 0 Å². The Morgan fingerprint density at radius 3 is 2.44 bits per heavy atom. The average Bonchev–Trinajstić information content (AvgIpc) is 2.53. The second kappa shape index (κ2) is 6.92. The maximum Gasteiger partial charge on any atom is 0.416 e. The lowest BCUT2D eigenvalue weighted by Crippen LogP contribution is -2.27. The summed E-state index contributed by atoms with van der Waals surface area (Å²) in [5, 5.41) is 13.4. The number of nitro benzene ring substituents is 1. The first kappa shape index (κ1) is 18.4. The average molecular weight is 352 g/mol. The van der Waals surface area contributed by atoms with E-state index in [-0.39, 0.29) is 11.3 Å². The molecule has 0 bridgehead atoms. The summed E-state index contributed by atoms with van der Waals surface area (Å²) in [6.07, 6.45) is -4.46. The van der Waals surface area contributed by atoms with E-state index < -0.39 is 28.6 Å². The Kier molecular flexibility index (Phi) is 5.10. The third-order valence-electron chi connectivity index (χ3n) is 3.72. The van der Waals surface area contributed by atoms with Crippen LogP contribution < -0.4 is 5.32 Å². The van der Waals surface area contributed by atoms with Gasteiger partial charge in [0.1, 0.15) is 0 Å². The molecule has 1 N–H and O–H groups in total. The Bertz CT molecular complexity index is 819. The second-order valence-electron chi connectivity index (χ2n) is 5.58. The van der Waals surface area contributed by atoms with Crippen LogP contribution in [0.25, 0.3) is 0 Å². The summed E-state index contributed by atoms with van der Waals surface area (Å²) in [5.41, 5.74) is -0.0761. The summed E-state index contributed by atoms with van der Waals surface area (Å²) in [4.78, 5) is 22.5. The normalized spacial score (nSPS) is 12.5. The molecule has 1 atom stereocenters. The Morgan fingerprint density at radius 2 is 1.88 bits per heavy atom. The topological polar surface area (TPSA) is 72.2 Å². The van der Waals surface area contributed by atoms with Gasteiger partial charge in [0, 0.05) is 17.2 Å². The van der Waals surface area contributed by atoms with E-state index in [1.54, 1.807) is 6.92 Å². The van der Waals surface area contributed by atoms with Crippen molar-refractivity contribution in [1.29, 1.82) is 0 Å². The van der Waals surface area contributed by atoms with Gasteiger partial charge in [-0.2, -0.15) is 13.2 Å². The van der Waals surface area contributed by atoms with Crippen molar-refractivity contribution in [3.8, 4) is 0 Å². The number of aryl methyl sites for hydroxylation is 1. The fraction of sp³-hybridized carbons (Fsp3) is 0.235. The lowest BCUT2D eigenvalue weighted by atomic mass is 10.0. The highest BCUT2D eigenvalue weighted by atomic mass is 19.4. The number of nitrogens with one attached hydrogen (secondary N) is 1. The molecule has 2 aromatic carbocycles. The highest BCUT2D eigenvalue weighted by Crippen LogP contribution is 2.30. The third kappa shape index (κ3) is 4.34. The molecule has 2 aromatic rings. The molecule has 0 fully saturated rings. The van der Waals surface area contributed by atoms with E-state index in [1.165, 1.54) is 37.3 Å². The number of hydrogen-bond acceptors (Lipinski definition) is 3. The third-order valence-corrected chi connectivity index (χ3v) is 3.72. The summed E-state index contributed by atoms with van der Waals surface area (Å²) < 4.78 is 38.3. The van der Waals surface area contributed by atoms with Gasteiger partial charge in [-0.1, -0.05) is 12.1 Å². The molecule has 1 amide bonds. The SMILES string of the molecule is Cc1cc(C(=O)NC(C)c2cccc(C(F)(F)F)c2)ccc1[N+](=O)[O-]. The molecule has 0 aliphatic heterocycles. The molecule has 0 saturated heterocycles. The van der Waals surface area contributed by atoms with Crippen LogP contribution in [0.5, 0.6) is 0 Å². The summed E-state index contributed by atoms with van der Waals surface area (Å²) in [5.74, 6) is -0.525. The van der Waals surface area contributed by atoms with Gasteiger partial charge in [-0.3, -0.25) is 14.9 Å². The lowest BCUT2D eigenvalue weighted by Gasteiger charge is -2.16. The van der Waals surface area contributed by atoms with Crippen LogP contribution in [0.4, 0.5) is 18.9 Å². The maximum absolute atomic E-state index is 12.8. The summed E-state index contributed by atoms with van der Waals surface area (Å²) in [6.45, 7) is 3.07. The van der Waals surface area contributed by atoms with E-state index in [0.717, 1.165) is 12.1 Å². The van der Waals surface area contributed by atoms with Crippen LogP contribution in [-0.2, 0) is 6.18 Å². The zero-order valence-corrected chi connectivity index (χ0v) is 13.4. The van der Waals surface area contributed by atoms with Crippen LogP contribution in [-0.4, -0.2) is 10.8 Å². The molecule has 0 aliphatic carbocycles. The van der Waals surface area contributed by atoms with Crippen LogP contribution >= 0.6 is 0 Å². The quantitative estimate of drug-likeness (QED) is 0.654. The van der Waals surface area contributed by atoms with Crippen LogP contribution in [0.15, 0.2) is 42.5 Å². The summed E-state index contributed by atoms with van der Waals surface area (Å²) in [7, 11) is 0. The van der Waals surface area contributed by atoms with Crippen LogP contribution in [0.2, 0.25) is 0 Å². The number of rotatable bonds is 4. The first-order chi connectivity index (χ1) is 11.6. The minimum absolute atomic E-state index is 0.109. The van der Waals surface area contributed by atoms with Gasteiger partial charge in [0.25, 0.3) is 11.6 Å². The van der Waals surface area contributed by atoms with Crippen molar-refractivity contribution in [1.82, 2.24) is 5.32 Å². The molecule has 0 aliphatic rings. The molecule has 0 heterocycles. The number of nitro groups is 1. The highest BCUT2D eigenvalue weighted by molar-refractivity contribution is 5.95. The van der Waals surface area contributed by atoms with Gasteiger partial charge in [-0.15, -0.1) is 0 Å². The predicted molar refractivity (Wildman–Crippen MR) is 85.2 cm³/mol. The molecule has 5 nitrogen and oxygen atoms in total. The molecule has 25 heavy (non-hydrogen) atoms. The van der Waals surface area contributed by atoms with Crippen molar-refractivity contribution in [3.05, 3.63) is 74.8 Å². The molecule has 0 aromatic heterocycles. The number of halogens is 3. The summed E-state index contributed by atoms with van der Waals surface area (Å²) in [6, 6.07) is 7.93. The van der Waals surface area contributed by atoms with Gasteiger partial charge in [0.05, 0.1) is 16.5 Å². The van der Waals surface area contributed by atoms with Crippen molar-refractivity contribution in [2.24, 2.45) is 0 Å². The Hall–Kier alpha value is -2.90. The van der Waals surface area contributed by atoms with Gasteiger partial charge >= 0.3 is 6.18 Å². The van der Waals surface area contributed by atoms with Crippen molar-refractivity contribution in [3.63, 3.8) is 0 Å². The van der Waals surface area contributed by atoms with Crippen LogP contribution in [0, 0.1) is 17.0 Å². The molecular formula is C17H15F3N2O3. The number of benzene rings is 2. The van der Waals surface area contributed by atoms with Crippen molar-refractivity contribution in [2.45, 2.75) is 26.1 Å². The number of nitrogens with zero attached hydrogens (tertiary/aromatic N) is 1. The van der Waals surface area contributed by atoms with Crippen LogP contribution in [0.1, 0.15) is 40.0 Å². The zero-order valence-electron chi connectivity index (χ0n) is 13.4. The first-order valence-electron chi connectivity index (χ1n) is 7.32. The fourth-order valence-corrected chi connectivity index (χ4v) is 2.35. The Balaban J connectivity index is 2.18. The van der Waals surface area contributed by atoms with Crippen molar-refractivity contribution < 1.29 is 22.9 Å². The van der Waals surface area contributed by atoms with Gasteiger partial charge < -0.3 is 5.32 Å². The molecule has 8 heteroatoms. The Morgan fingerprint density at radius 1 is 1.20 bits per heavy atom. The van der Waals surface area contributed by atoms with E-state index >= 15 is 0 Å². The number of alkyl halides is 3. The molecule has 2 rings (SSSR count).